The predicted molar refractivity (Wildman–Crippen MR) is 79.8 cm³/mol. The molecule has 2 aliphatic rings. The zero-order chi connectivity index (χ0) is 15.0. The Morgan fingerprint density at radius 3 is 2.67 bits per heavy atom. The Morgan fingerprint density at radius 2 is 1.95 bits per heavy atom. The molecule has 0 radical (unpaired) electrons. The molecule has 7 nitrogen and oxygen atoms in total. The molecule has 3 heterocycles. The van der Waals surface area contributed by atoms with Gasteiger partial charge in [-0.1, -0.05) is 0 Å². The van der Waals surface area contributed by atoms with E-state index in [0.717, 1.165) is 12.8 Å². The van der Waals surface area contributed by atoms with Crippen molar-refractivity contribution in [3.05, 3.63) is 22.7 Å². The van der Waals surface area contributed by atoms with Crippen LogP contribution in [0.5, 0.6) is 0 Å². The molecule has 8 heteroatoms. The van der Waals surface area contributed by atoms with Gasteiger partial charge in [0.05, 0.1) is 5.25 Å². The molecule has 0 aliphatic carbocycles. The number of sulfonamides is 1. The third-order valence-electron chi connectivity index (χ3n) is 4.29. The van der Waals surface area contributed by atoms with Gasteiger partial charge in [-0.05, 0) is 19.3 Å². The van der Waals surface area contributed by atoms with Gasteiger partial charge < -0.3 is 9.47 Å². The van der Waals surface area contributed by atoms with Crippen LogP contribution in [0.4, 0.5) is 5.82 Å². The highest BCUT2D eigenvalue weighted by molar-refractivity contribution is 7.89. The molecular formula is C13H20N4O3S. The van der Waals surface area contributed by atoms with Gasteiger partial charge in [-0.15, -0.1) is 0 Å². The summed E-state index contributed by atoms with van der Waals surface area (Å²) < 4.78 is 28.2. The molecule has 0 saturated carbocycles. The van der Waals surface area contributed by atoms with E-state index in [2.05, 4.69) is 4.98 Å². The van der Waals surface area contributed by atoms with Gasteiger partial charge >= 0.3 is 0 Å². The van der Waals surface area contributed by atoms with Gasteiger partial charge in [-0.25, -0.2) is 17.7 Å². The van der Waals surface area contributed by atoms with Crippen LogP contribution in [-0.4, -0.2) is 53.7 Å². The Labute approximate surface area is 124 Å². The molecule has 0 amide bonds. The summed E-state index contributed by atoms with van der Waals surface area (Å²) >= 11 is 0. The minimum atomic E-state index is -3.25. The Kier molecular flexibility index (Phi) is 3.75. The Balaban J connectivity index is 1.79. The molecular weight excluding hydrogens is 292 g/mol. The molecule has 2 fully saturated rings. The maximum Gasteiger partial charge on any atom is 0.293 e. The number of anilines is 1. The molecule has 0 unspecified atom stereocenters. The van der Waals surface area contributed by atoms with Crippen LogP contribution >= 0.6 is 0 Å². The average molecular weight is 312 g/mol. The van der Waals surface area contributed by atoms with E-state index in [1.807, 2.05) is 0 Å². The predicted octanol–water partition coefficient (Wildman–Crippen LogP) is -0.215. The molecule has 2 saturated heterocycles. The van der Waals surface area contributed by atoms with E-state index < -0.39 is 15.3 Å². The summed E-state index contributed by atoms with van der Waals surface area (Å²) in [5.74, 6) is 0.346. The SMILES string of the molecule is Cn1ccnc(N2CC[C@@H](S(=O)(=O)N3CCCC3)C2)c1=O. The first-order valence-electron chi connectivity index (χ1n) is 7.25. The summed E-state index contributed by atoms with van der Waals surface area (Å²) in [4.78, 5) is 18.0. The van der Waals surface area contributed by atoms with Crippen LogP contribution in [0.3, 0.4) is 0 Å². The first-order valence-corrected chi connectivity index (χ1v) is 8.76. The van der Waals surface area contributed by atoms with E-state index in [1.165, 1.54) is 4.57 Å². The van der Waals surface area contributed by atoms with Crippen molar-refractivity contribution < 1.29 is 8.42 Å². The molecule has 0 aromatic carbocycles. The van der Waals surface area contributed by atoms with Crippen LogP contribution in [0.1, 0.15) is 19.3 Å². The van der Waals surface area contributed by atoms with E-state index in [0.29, 0.717) is 38.4 Å². The second kappa shape index (κ2) is 5.42. The van der Waals surface area contributed by atoms with Gasteiger partial charge in [0.25, 0.3) is 5.56 Å². The zero-order valence-electron chi connectivity index (χ0n) is 12.1. The molecule has 1 aromatic heterocycles. The van der Waals surface area contributed by atoms with Gasteiger partial charge in [0, 0.05) is 45.6 Å². The van der Waals surface area contributed by atoms with Crippen molar-refractivity contribution in [3.8, 4) is 0 Å². The minimum Gasteiger partial charge on any atom is -0.351 e. The topological polar surface area (TPSA) is 75.5 Å². The molecule has 0 bridgehead atoms. The van der Waals surface area contributed by atoms with Crippen LogP contribution in [0.25, 0.3) is 0 Å². The summed E-state index contributed by atoms with van der Waals surface area (Å²) in [6.45, 7) is 2.17. The smallest absolute Gasteiger partial charge is 0.293 e. The molecule has 0 N–H and O–H groups in total. The number of rotatable bonds is 3. The van der Waals surface area contributed by atoms with Gasteiger partial charge in [-0.2, -0.15) is 0 Å². The van der Waals surface area contributed by atoms with Crippen molar-refractivity contribution in [2.24, 2.45) is 7.05 Å². The maximum absolute atomic E-state index is 12.6. The monoisotopic (exact) mass is 312 g/mol. The Bertz CT molecular complexity index is 679. The van der Waals surface area contributed by atoms with Crippen molar-refractivity contribution in [1.82, 2.24) is 13.9 Å². The van der Waals surface area contributed by atoms with E-state index in [-0.39, 0.29) is 5.56 Å². The summed E-state index contributed by atoms with van der Waals surface area (Å²) in [5, 5.41) is -0.428. The summed E-state index contributed by atoms with van der Waals surface area (Å²) in [7, 11) is -1.58. The number of aromatic nitrogens is 2. The quantitative estimate of drug-likeness (QED) is 0.771. The number of hydrogen-bond donors (Lipinski definition) is 0. The lowest BCUT2D eigenvalue weighted by Gasteiger charge is -2.21. The maximum atomic E-state index is 12.6. The van der Waals surface area contributed by atoms with Crippen LogP contribution in [-0.2, 0) is 17.1 Å². The second-order valence-corrected chi connectivity index (χ2v) is 7.89. The van der Waals surface area contributed by atoms with Gasteiger partial charge in [0.2, 0.25) is 10.0 Å². The van der Waals surface area contributed by atoms with Gasteiger partial charge in [0.15, 0.2) is 5.82 Å². The fraction of sp³-hybridized carbons (Fsp3) is 0.692. The highest BCUT2D eigenvalue weighted by atomic mass is 32.2. The fourth-order valence-corrected chi connectivity index (χ4v) is 4.98. The van der Waals surface area contributed by atoms with Gasteiger partial charge in [-0.3, -0.25) is 4.79 Å². The van der Waals surface area contributed by atoms with Crippen molar-refractivity contribution >= 4 is 15.8 Å². The zero-order valence-corrected chi connectivity index (χ0v) is 12.9. The lowest BCUT2D eigenvalue weighted by Crippen LogP contribution is -2.39. The third kappa shape index (κ3) is 2.57. The first kappa shape index (κ1) is 14.5. The van der Waals surface area contributed by atoms with E-state index in [4.69, 9.17) is 0 Å². The molecule has 1 aromatic rings. The first-order chi connectivity index (χ1) is 10.00. The van der Waals surface area contributed by atoms with Crippen LogP contribution in [0.15, 0.2) is 17.2 Å². The van der Waals surface area contributed by atoms with E-state index in [1.54, 1.807) is 28.6 Å². The van der Waals surface area contributed by atoms with Crippen molar-refractivity contribution in [2.45, 2.75) is 24.5 Å². The summed E-state index contributed by atoms with van der Waals surface area (Å²) in [6.07, 6.45) is 5.60. The second-order valence-electron chi connectivity index (χ2n) is 5.67. The lowest BCUT2D eigenvalue weighted by molar-refractivity contribution is 0.467. The molecule has 0 spiro atoms. The van der Waals surface area contributed by atoms with E-state index in [9.17, 15) is 13.2 Å². The van der Waals surface area contributed by atoms with Crippen molar-refractivity contribution in [3.63, 3.8) is 0 Å². The Morgan fingerprint density at radius 1 is 1.24 bits per heavy atom. The van der Waals surface area contributed by atoms with Crippen molar-refractivity contribution in [2.75, 3.05) is 31.1 Å². The molecule has 2 aliphatic heterocycles. The fourth-order valence-electron chi connectivity index (χ4n) is 3.02. The summed E-state index contributed by atoms with van der Waals surface area (Å²) in [6, 6.07) is 0. The third-order valence-corrected chi connectivity index (χ3v) is 6.60. The molecule has 1 atom stereocenters. The van der Waals surface area contributed by atoms with Crippen molar-refractivity contribution in [1.29, 1.82) is 0 Å². The molecule has 21 heavy (non-hydrogen) atoms. The largest absolute Gasteiger partial charge is 0.351 e. The highest BCUT2D eigenvalue weighted by Gasteiger charge is 2.39. The number of hydrogen-bond acceptors (Lipinski definition) is 5. The van der Waals surface area contributed by atoms with Crippen LogP contribution < -0.4 is 10.5 Å². The van der Waals surface area contributed by atoms with Crippen LogP contribution in [0.2, 0.25) is 0 Å². The molecule has 116 valence electrons. The van der Waals surface area contributed by atoms with E-state index >= 15 is 0 Å². The summed E-state index contributed by atoms with van der Waals surface area (Å²) in [5.41, 5.74) is -0.184. The standard InChI is InChI=1S/C13H20N4O3S/c1-15-9-5-14-12(13(15)18)16-8-4-11(10-16)21(19,20)17-6-2-3-7-17/h5,9,11H,2-4,6-8,10H2,1H3/t11-/m1/s1. The highest BCUT2D eigenvalue weighted by Crippen LogP contribution is 2.25. The molecule has 3 rings (SSSR count). The minimum absolute atomic E-state index is 0.184. The van der Waals surface area contributed by atoms with Gasteiger partial charge in [0.1, 0.15) is 0 Å². The normalized spacial score (nSPS) is 23.9. The number of nitrogens with zero attached hydrogens (tertiary/aromatic N) is 4. The lowest BCUT2D eigenvalue weighted by atomic mass is 10.4. The average Bonchev–Trinajstić information content (AvgIpc) is 3.12. The van der Waals surface area contributed by atoms with Crippen LogP contribution in [0, 0.1) is 0 Å². The Hall–Kier alpha value is -1.41. The number of aryl methyl sites for hydroxylation is 1.